The molecule has 0 aliphatic rings. The Labute approximate surface area is 137 Å². The molecule has 4 nitrogen and oxygen atoms in total. The first-order valence-corrected chi connectivity index (χ1v) is 7.39. The van der Waals surface area contributed by atoms with Gasteiger partial charge in [-0.15, -0.1) is 0 Å². The number of nitrogens with zero attached hydrogens (tertiary/aromatic N) is 3. The van der Waals surface area contributed by atoms with E-state index in [-0.39, 0.29) is 5.84 Å². The van der Waals surface area contributed by atoms with E-state index < -0.39 is 0 Å². The lowest BCUT2D eigenvalue weighted by Crippen LogP contribution is -2.24. The summed E-state index contributed by atoms with van der Waals surface area (Å²) in [5.74, 6) is 0.831. The van der Waals surface area contributed by atoms with Crippen LogP contribution in [0, 0.1) is 5.41 Å². The topological polar surface area (TPSA) is 51.8 Å². The number of hydrazone groups is 1. The van der Waals surface area contributed by atoms with E-state index in [1.54, 1.807) is 11.2 Å². The van der Waals surface area contributed by atoms with E-state index in [9.17, 15) is 0 Å². The largest absolute Gasteiger partial charge is 0.282 e. The van der Waals surface area contributed by atoms with Crippen molar-refractivity contribution in [2.45, 2.75) is 6.92 Å². The molecule has 2 rings (SSSR count). The van der Waals surface area contributed by atoms with Crippen molar-refractivity contribution in [2.24, 2.45) is 10.1 Å². The van der Waals surface area contributed by atoms with Gasteiger partial charge in [0.05, 0.1) is 0 Å². The summed E-state index contributed by atoms with van der Waals surface area (Å²) >= 11 is 0. The van der Waals surface area contributed by atoms with Gasteiger partial charge >= 0.3 is 0 Å². The summed E-state index contributed by atoms with van der Waals surface area (Å²) in [6.45, 7) is 1.93. The minimum atomic E-state index is 0.206. The third kappa shape index (κ3) is 4.74. The standard InChI is InChI=1S/C19H20N4/c1-3-4-15-21-23(2)19(17-13-9-6-10-14-17)22-18(20)16-11-7-5-8-12-16/h3-15,20H,1-2H3/b4-3-,20-18?,21-15-,22-19-. The number of rotatable bonds is 4. The van der Waals surface area contributed by atoms with Crippen molar-refractivity contribution in [2.75, 3.05) is 7.05 Å². The van der Waals surface area contributed by atoms with Gasteiger partial charge in [0.1, 0.15) is 0 Å². The van der Waals surface area contributed by atoms with E-state index in [0.717, 1.165) is 11.1 Å². The fourth-order valence-corrected chi connectivity index (χ4v) is 1.96. The van der Waals surface area contributed by atoms with Crippen molar-refractivity contribution >= 4 is 17.9 Å². The monoisotopic (exact) mass is 304 g/mol. The summed E-state index contributed by atoms with van der Waals surface area (Å²) in [6, 6.07) is 19.2. The molecule has 0 unspecified atom stereocenters. The molecule has 0 aliphatic heterocycles. The maximum absolute atomic E-state index is 8.24. The van der Waals surface area contributed by atoms with Crippen LogP contribution in [0.2, 0.25) is 0 Å². The molecular formula is C19H20N4. The van der Waals surface area contributed by atoms with E-state index >= 15 is 0 Å². The number of amidine groups is 2. The SMILES string of the molecule is C/C=C\C=N/N(C)/C(=N\C(=N)c1ccccc1)c1ccccc1. The zero-order chi connectivity index (χ0) is 16.5. The highest BCUT2D eigenvalue weighted by Gasteiger charge is 2.10. The highest BCUT2D eigenvalue weighted by Crippen LogP contribution is 2.08. The Kier molecular flexibility index (Phi) is 6.00. The van der Waals surface area contributed by atoms with E-state index in [2.05, 4.69) is 10.1 Å². The second-order valence-corrected chi connectivity index (χ2v) is 4.83. The first-order valence-electron chi connectivity index (χ1n) is 7.39. The van der Waals surface area contributed by atoms with Crippen LogP contribution < -0.4 is 0 Å². The summed E-state index contributed by atoms with van der Waals surface area (Å²) in [5.41, 5.74) is 1.68. The minimum absolute atomic E-state index is 0.206. The number of nitrogens with one attached hydrogen (secondary N) is 1. The van der Waals surface area contributed by atoms with E-state index in [4.69, 9.17) is 5.41 Å². The van der Waals surface area contributed by atoms with Gasteiger partial charge in [-0.05, 0) is 13.0 Å². The highest BCUT2D eigenvalue weighted by atomic mass is 15.5. The van der Waals surface area contributed by atoms with Crippen LogP contribution in [0.15, 0.2) is 82.9 Å². The zero-order valence-electron chi connectivity index (χ0n) is 13.3. The first-order chi connectivity index (χ1) is 11.2. The Morgan fingerprint density at radius 3 is 2.09 bits per heavy atom. The highest BCUT2D eigenvalue weighted by molar-refractivity contribution is 6.10. The molecule has 0 bridgehead atoms. The lowest BCUT2D eigenvalue weighted by molar-refractivity contribution is 0.549. The predicted octanol–water partition coefficient (Wildman–Crippen LogP) is 3.95. The number of hydrogen-bond donors (Lipinski definition) is 1. The molecule has 2 aromatic carbocycles. The zero-order valence-corrected chi connectivity index (χ0v) is 13.3. The van der Waals surface area contributed by atoms with E-state index in [0.29, 0.717) is 5.84 Å². The average Bonchev–Trinajstić information content (AvgIpc) is 2.61. The molecule has 116 valence electrons. The molecule has 23 heavy (non-hydrogen) atoms. The lowest BCUT2D eigenvalue weighted by Gasteiger charge is -2.16. The molecule has 0 radical (unpaired) electrons. The van der Waals surface area contributed by atoms with Crippen molar-refractivity contribution in [1.29, 1.82) is 5.41 Å². The summed E-state index contributed by atoms with van der Waals surface area (Å²) in [5, 5.41) is 14.2. The normalized spacial score (nSPS) is 12.0. The van der Waals surface area contributed by atoms with Crippen molar-refractivity contribution < 1.29 is 0 Å². The number of allylic oxidation sites excluding steroid dienone is 2. The van der Waals surface area contributed by atoms with Crippen molar-refractivity contribution in [1.82, 2.24) is 5.01 Å². The molecule has 0 fully saturated rings. The smallest absolute Gasteiger partial charge is 0.158 e. The van der Waals surface area contributed by atoms with Gasteiger partial charge in [-0.25, -0.2) is 4.99 Å². The molecule has 0 atom stereocenters. The lowest BCUT2D eigenvalue weighted by atomic mass is 10.2. The molecule has 1 N–H and O–H groups in total. The third-order valence-corrected chi connectivity index (χ3v) is 3.12. The van der Waals surface area contributed by atoms with Gasteiger partial charge in [-0.3, -0.25) is 10.4 Å². The summed E-state index contributed by atoms with van der Waals surface area (Å²) in [7, 11) is 1.82. The summed E-state index contributed by atoms with van der Waals surface area (Å²) in [4.78, 5) is 4.48. The molecule has 0 spiro atoms. The van der Waals surface area contributed by atoms with Crippen LogP contribution in [0.25, 0.3) is 0 Å². The maximum atomic E-state index is 8.24. The summed E-state index contributed by atoms with van der Waals surface area (Å²) in [6.07, 6.45) is 5.45. The molecule has 0 saturated heterocycles. The van der Waals surface area contributed by atoms with Gasteiger partial charge < -0.3 is 0 Å². The van der Waals surface area contributed by atoms with E-state index in [1.165, 1.54) is 0 Å². The van der Waals surface area contributed by atoms with Crippen molar-refractivity contribution in [3.63, 3.8) is 0 Å². The Balaban J connectivity index is 2.37. The molecule has 0 saturated carbocycles. The Bertz CT molecular complexity index is 716. The fourth-order valence-electron chi connectivity index (χ4n) is 1.96. The molecule has 2 aromatic rings. The second kappa shape index (κ2) is 8.44. The molecule has 4 heteroatoms. The minimum Gasteiger partial charge on any atom is -0.282 e. The van der Waals surface area contributed by atoms with Gasteiger partial charge in [0, 0.05) is 24.4 Å². The number of hydrogen-bond acceptors (Lipinski definition) is 2. The van der Waals surface area contributed by atoms with E-state index in [1.807, 2.05) is 86.8 Å². The summed E-state index contributed by atoms with van der Waals surface area (Å²) < 4.78 is 0. The van der Waals surface area contributed by atoms with Gasteiger partial charge in [0.25, 0.3) is 0 Å². The Hall–Kier alpha value is -3.01. The van der Waals surface area contributed by atoms with Crippen LogP contribution in [0.3, 0.4) is 0 Å². The predicted molar refractivity (Wildman–Crippen MR) is 97.3 cm³/mol. The van der Waals surface area contributed by atoms with Crippen LogP contribution >= 0.6 is 0 Å². The van der Waals surface area contributed by atoms with Gasteiger partial charge in [0.2, 0.25) is 0 Å². The average molecular weight is 304 g/mol. The molecule has 0 aromatic heterocycles. The van der Waals surface area contributed by atoms with Crippen LogP contribution in [-0.4, -0.2) is 29.9 Å². The maximum Gasteiger partial charge on any atom is 0.158 e. The fraction of sp³-hybridized carbons (Fsp3) is 0.105. The van der Waals surface area contributed by atoms with Crippen LogP contribution in [0.4, 0.5) is 0 Å². The number of benzene rings is 2. The van der Waals surface area contributed by atoms with Gasteiger partial charge in [-0.1, -0.05) is 66.7 Å². The van der Waals surface area contributed by atoms with Crippen molar-refractivity contribution in [3.05, 3.63) is 83.9 Å². The Morgan fingerprint density at radius 1 is 0.957 bits per heavy atom. The third-order valence-electron chi connectivity index (χ3n) is 3.12. The van der Waals surface area contributed by atoms with Crippen LogP contribution in [-0.2, 0) is 0 Å². The van der Waals surface area contributed by atoms with Crippen LogP contribution in [0.1, 0.15) is 18.1 Å². The van der Waals surface area contributed by atoms with Gasteiger partial charge in [-0.2, -0.15) is 5.10 Å². The van der Waals surface area contributed by atoms with Crippen molar-refractivity contribution in [3.8, 4) is 0 Å². The first kappa shape index (κ1) is 16.4. The van der Waals surface area contributed by atoms with Crippen LogP contribution in [0.5, 0.6) is 0 Å². The Morgan fingerprint density at radius 2 is 1.52 bits per heavy atom. The quantitative estimate of drug-likeness (QED) is 0.519. The molecule has 0 heterocycles. The molecule has 0 amide bonds. The van der Waals surface area contributed by atoms with Gasteiger partial charge in [0.15, 0.2) is 11.7 Å². The molecular weight excluding hydrogens is 284 g/mol. The number of aliphatic imine (C=N–C) groups is 1. The second-order valence-electron chi connectivity index (χ2n) is 4.83. The molecule has 0 aliphatic carbocycles.